The van der Waals surface area contributed by atoms with Gasteiger partial charge in [-0.15, -0.1) is 0 Å². The third kappa shape index (κ3) is 6.44. The molecule has 0 bridgehead atoms. The standard InChI is InChI=1S/C30H36N2O6/c1-3-18-37-24-10-6-22(7-11-24)27-26(28(33)23-8-12-25(13-9-23)38-19-4-2)29(34)30(35)32(27)15-5-14-31-16-20-36-21-17-31/h3,6-13,27,33H,1,4-5,14-21H2,2H3. The Morgan fingerprint density at radius 3 is 2.34 bits per heavy atom. The Balaban J connectivity index is 1.63. The maximum atomic E-state index is 13.3. The van der Waals surface area contributed by atoms with Gasteiger partial charge < -0.3 is 24.2 Å². The van der Waals surface area contributed by atoms with E-state index in [2.05, 4.69) is 11.5 Å². The van der Waals surface area contributed by atoms with Gasteiger partial charge in [-0.3, -0.25) is 14.5 Å². The van der Waals surface area contributed by atoms with Crippen LogP contribution in [0.15, 0.2) is 66.8 Å². The minimum atomic E-state index is -0.704. The van der Waals surface area contributed by atoms with Gasteiger partial charge in [0, 0.05) is 31.7 Å². The number of nitrogens with zero attached hydrogens (tertiary/aromatic N) is 2. The summed E-state index contributed by atoms with van der Waals surface area (Å²) >= 11 is 0. The topological polar surface area (TPSA) is 88.5 Å². The summed E-state index contributed by atoms with van der Waals surface area (Å²) < 4.78 is 16.7. The summed E-state index contributed by atoms with van der Waals surface area (Å²) in [6.07, 6.45) is 3.25. The molecule has 1 atom stereocenters. The lowest BCUT2D eigenvalue weighted by Crippen LogP contribution is -2.38. The summed E-state index contributed by atoms with van der Waals surface area (Å²) in [6.45, 7) is 11.0. The van der Waals surface area contributed by atoms with Crippen LogP contribution in [0.3, 0.4) is 0 Å². The minimum Gasteiger partial charge on any atom is -0.507 e. The van der Waals surface area contributed by atoms with E-state index in [1.54, 1.807) is 47.4 Å². The van der Waals surface area contributed by atoms with Crippen LogP contribution in [0.1, 0.15) is 36.9 Å². The van der Waals surface area contributed by atoms with Crippen molar-refractivity contribution < 1.29 is 28.9 Å². The number of likely N-dealkylation sites (tertiary alicyclic amines) is 1. The van der Waals surface area contributed by atoms with E-state index in [1.165, 1.54) is 0 Å². The monoisotopic (exact) mass is 520 g/mol. The molecule has 0 saturated carbocycles. The first-order valence-corrected chi connectivity index (χ1v) is 13.2. The molecule has 2 heterocycles. The van der Waals surface area contributed by atoms with Crippen molar-refractivity contribution in [3.63, 3.8) is 0 Å². The van der Waals surface area contributed by atoms with Crippen LogP contribution in [0, 0.1) is 0 Å². The number of hydrogen-bond donors (Lipinski definition) is 1. The predicted octanol–water partition coefficient (Wildman–Crippen LogP) is 4.18. The van der Waals surface area contributed by atoms with Gasteiger partial charge in [-0.2, -0.15) is 0 Å². The highest BCUT2D eigenvalue weighted by atomic mass is 16.5. The van der Waals surface area contributed by atoms with E-state index in [9.17, 15) is 14.7 Å². The van der Waals surface area contributed by atoms with Crippen molar-refractivity contribution in [2.24, 2.45) is 0 Å². The molecule has 8 nitrogen and oxygen atoms in total. The van der Waals surface area contributed by atoms with Gasteiger partial charge >= 0.3 is 0 Å². The number of rotatable bonds is 12. The molecule has 0 aromatic heterocycles. The fourth-order valence-corrected chi connectivity index (χ4v) is 4.73. The molecule has 2 fully saturated rings. The van der Waals surface area contributed by atoms with Gasteiger partial charge in [-0.25, -0.2) is 0 Å². The number of ether oxygens (including phenoxy) is 3. The molecule has 2 aromatic carbocycles. The van der Waals surface area contributed by atoms with Crippen LogP contribution in [0.25, 0.3) is 5.76 Å². The van der Waals surface area contributed by atoms with Crippen LogP contribution in [0.2, 0.25) is 0 Å². The van der Waals surface area contributed by atoms with Crippen LogP contribution >= 0.6 is 0 Å². The quantitative estimate of drug-likeness (QED) is 0.194. The molecule has 202 valence electrons. The lowest BCUT2D eigenvalue weighted by atomic mass is 9.95. The average Bonchev–Trinajstić information content (AvgIpc) is 3.21. The second-order valence-corrected chi connectivity index (χ2v) is 9.34. The van der Waals surface area contributed by atoms with Crippen molar-refractivity contribution in [2.75, 3.05) is 52.6 Å². The number of carbonyl (C=O) groups excluding carboxylic acids is 2. The van der Waals surface area contributed by atoms with Gasteiger partial charge in [0.1, 0.15) is 23.9 Å². The van der Waals surface area contributed by atoms with Crippen molar-refractivity contribution in [1.82, 2.24) is 9.80 Å². The third-order valence-electron chi connectivity index (χ3n) is 6.68. The first kappa shape index (κ1) is 27.4. The molecule has 2 aliphatic heterocycles. The molecule has 2 aromatic rings. The molecule has 8 heteroatoms. The number of hydrogen-bond acceptors (Lipinski definition) is 7. The third-order valence-corrected chi connectivity index (χ3v) is 6.68. The smallest absolute Gasteiger partial charge is 0.295 e. The van der Waals surface area contributed by atoms with Crippen LogP contribution in [-0.2, 0) is 14.3 Å². The Hall–Kier alpha value is -3.62. The molecule has 0 radical (unpaired) electrons. The number of aliphatic hydroxyl groups is 1. The maximum Gasteiger partial charge on any atom is 0.295 e. The fourth-order valence-electron chi connectivity index (χ4n) is 4.73. The largest absolute Gasteiger partial charge is 0.507 e. The number of carbonyl (C=O) groups is 2. The summed E-state index contributed by atoms with van der Waals surface area (Å²) in [5.74, 6) is -0.150. The Morgan fingerprint density at radius 1 is 1.03 bits per heavy atom. The zero-order valence-electron chi connectivity index (χ0n) is 21.9. The Bertz CT molecular complexity index is 1140. The summed E-state index contributed by atoms with van der Waals surface area (Å²) in [5, 5.41) is 11.3. The lowest BCUT2D eigenvalue weighted by Gasteiger charge is -2.29. The zero-order valence-corrected chi connectivity index (χ0v) is 21.9. The number of amides is 1. The van der Waals surface area contributed by atoms with E-state index in [0.29, 0.717) is 56.5 Å². The highest BCUT2D eigenvalue weighted by Crippen LogP contribution is 2.40. The zero-order chi connectivity index (χ0) is 26.9. The van der Waals surface area contributed by atoms with Crippen LogP contribution in [0.5, 0.6) is 11.5 Å². The Labute approximate surface area is 224 Å². The lowest BCUT2D eigenvalue weighted by molar-refractivity contribution is -0.140. The van der Waals surface area contributed by atoms with Crippen LogP contribution < -0.4 is 9.47 Å². The number of benzene rings is 2. The molecule has 1 unspecified atom stereocenters. The second kappa shape index (κ2) is 13.3. The van der Waals surface area contributed by atoms with Crippen molar-refractivity contribution in [3.05, 3.63) is 77.9 Å². The van der Waals surface area contributed by atoms with Gasteiger partial charge in [-0.1, -0.05) is 31.7 Å². The molecule has 0 spiro atoms. The van der Waals surface area contributed by atoms with Gasteiger partial charge in [-0.05, 0) is 54.8 Å². The Morgan fingerprint density at radius 2 is 1.68 bits per heavy atom. The Kier molecular flexibility index (Phi) is 9.56. The van der Waals surface area contributed by atoms with Crippen LogP contribution in [-0.4, -0.2) is 79.2 Å². The average molecular weight is 521 g/mol. The molecular weight excluding hydrogens is 484 g/mol. The fraction of sp³-hybridized carbons (Fsp3) is 0.400. The number of Topliss-reactive ketones (excluding diaryl/α,β-unsaturated/α-hetero) is 1. The molecule has 2 saturated heterocycles. The van der Waals surface area contributed by atoms with E-state index in [4.69, 9.17) is 14.2 Å². The molecule has 0 aliphatic carbocycles. The second-order valence-electron chi connectivity index (χ2n) is 9.34. The normalized spacial score (nSPS) is 19.5. The number of morpholine rings is 1. The molecule has 1 N–H and O–H groups in total. The van der Waals surface area contributed by atoms with Crippen molar-refractivity contribution in [1.29, 1.82) is 0 Å². The van der Waals surface area contributed by atoms with Crippen molar-refractivity contribution >= 4 is 17.4 Å². The van der Waals surface area contributed by atoms with Crippen molar-refractivity contribution in [2.45, 2.75) is 25.8 Å². The molecular formula is C30H36N2O6. The van der Waals surface area contributed by atoms with E-state index >= 15 is 0 Å². The summed E-state index contributed by atoms with van der Waals surface area (Å²) in [4.78, 5) is 30.4. The van der Waals surface area contributed by atoms with E-state index < -0.39 is 17.7 Å². The van der Waals surface area contributed by atoms with Gasteiger partial charge in [0.05, 0.1) is 31.4 Å². The number of aliphatic hydroxyl groups excluding tert-OH is 1. The van der Waals surface area contributed by atoms with Gasteiger partial charge in [0.2, 0.25) is 0 Å². The number of ketones is 1. The predicted molar refractivity (Wildman–Crippen MR) is 145 cm³/mol. The highest BCUT2D eigenvalue weighted by molar-refractivity contribution is 6.46. The van der Waals surface area contributed by atoms with Gasteiger partial charge in [0.25, 0.3) is 11.7 Å². The maximum absolute atomic E-state index is 13.3. The van der Waals surface area contributed by atoms with Gasteiger partial charge in [0.15, 0.2) is 0 Å². The molecule has 38 heavy (non-hydrogen) atoms. The molecule has 4 rings (SSSR count). The van der Waals surface area contributed by atoms with Crippen molar-refractivity contribution in [3.8, 4) is 11.5 Å². The van der Waals surface area contributed by atoms with E-state index in [0.717, 1.165) is 31.6 Å². The van der Waals surface area contributed by atoms with E-state index in [-0.39, 0.29) is 11.3 Å². The minimum absolute atomic E-state index is 0.0864. The first-order valence-electron chi connectivity index (χ1n) is 13.2. The summed E-state index contributed by atoms with van der Waals surface area (Å²) in [5.41, 5.74) is 1.27. The molecule has 1 amide bonds. The SMILES string of the molecule is C=CCOc1ccc(C2C(=C(O)c3ccc(OCCC)cc3)C(=O)C(=O)N2CCCN2CCOCC2)cc1. The van der Waals surface area contributed by atoms with E-state index in [1.807, 2.05) is 19.1 Å². The summed E-state index contributed by atoms with van der Waals surface area (Å²) in [7, 11) is 0. The molecule has 2 aliphatic rings. The summed E-state index contributed by atoms with van der Waals surface area (Å²) in [6, 6.07) is 13.5. The first-order chi connectivity index (χ1) is 18.5. The van der Waals surface area contributed by atoms with Crippen LogP contribution in [0.4, 0.5) is 0 Å². The highest BCUT2D eigenvalue weighted by Gasteiger charge is 2.45.